The highest BCUT2D eigenvalue weighted by Crippen LogP contribution is 2.22. The molecule has 20 heavy (non-hydrogen) atoms. The molecule has 108 valence electrons. The Morgan fingerprint density at radius 1 is 1.50 bits per heavy atom. The highest BCUT2D eigenvalue weighted by Gasteiger charge is 2.16. The molecule has 0 aliphatic rings. The average molecular weight is 282 g/mol. The van der Waals surface area contributed by atoms with Gasteiger partial charge in [-0.05, 0) is 22.0 Å². The van der Waals surface area contributed by atoms with Crippen LogP contribution in [-0.2, 0) is 9.59 Å². The fraction of sp³-hybridized carbons (Fsp3) is 0.364. The van der Waals surface area contributed by atoms with Gasteiger partial charge in [0.15, 0.2) is 6.61 Å². The van der Waals surface area contributed by atoms with E-state index in [0.717, 1.165) is 0 Å². The number of nitrogens with zero attached hydrogens (tertiary/aromatic N) is 3. The van der Waals surface area contributed by atoms with E-state index >= 15 is 0 Å². The summed E-state index contributed by atoms with van der Waals surface area (Å²) in [6.07, 6.45) is 1.25. The summed E-state index contributed by atoms with van der Waals surface area (Å²) in [5, 5.41) is 13.0. The van der Waals surface area contributed by atoms with Gasteiger partial charge in [0.1, 0.15) is 6.20 Å². The van der Waals surface area contributed by atoms with Crippen LogP contribution in [0.25, 0.3) is 0 Å². The van der Waals surface area contributed by atoms with E-state index in [1.165, 1.54) is 23.2 Å². The lowest BCUT2D eigenvalue weighted by Crippen LogP contribution is -2.38. The number of hydrogen-bond acceptors (Lipinski definition) is 6. The van der Waals surface area contributed by atoms with E-state index in [1.807, 2.05) is 0 Å². The monoisotopic (exact) mass is 282 g/mol. The average Bonchev–Trinajstić information content (AvgIpc) is 2.42. The van der Waals surface area contributed by atoms with Crippen LogP contribution in [0.4, 0.5) is 5.82 Å². The van der Waals surface area contributed by atoms with E-state index in [-0.39, 0.29) is 18.2 Å². The molecule has 9 heteroatoms. The molecule has 0 aliphatic carbocycles. The largest absolute Gasteiger partial charge is 0.476 e. The second-order valence-corrected chi connectivity index (χ2v) is 3.94. The molecule has 0 spiro atoms. The van der Waals surface area contributed by atoms with Crippen LogP contribution in [0.2, 0.25) is 0 Å². The Balaban J connectivity index is 2.49. The minimum Gasteiger partial charge on any atom is -0.476 e. The van der Waals surface area contributed by atoms with E-state index in [4.69, 9.17) is 4.74 Å². The van der Waals surface area contributed by atoms with Crippen molar-refractivity contribution in [3.05, 3.63) is 28.4 Å². The van der Waals surface area contributed by atoms with Crippen molar-refractivity contribution in [1.29, 1.82) is 0 Å². The molecular formula is C11H14N4O5. The zero-order chi connectivity index (χ0) is 15.1. The number of nitro groups is 1. The van der Waals surface area contributed by atoms with Gasteiger partial charge >= 0.3 is 5.82 Å². The molecule has 9 nitrogen and oxygen atoms in total. The maximum Gasteiger partial charge on any atom is 0.406 e. The van der Waals surface area contributed by atoms with Crippen molar-refractivity contribution in [2.45, 2.75) is 0 Å². The highest BCUT2D eigenvalue weighted by atomic mass is 16.6. The lowest BCUT2D eigenvalue weighted by atomic mass is 10.4. The predicted octanol–water partition coefficient (Wildman–Crippen LogP) is -0.427. The molecule has 1 rings (SSSR count). The van der Waals surface area contributed by atoms with Crippen LogP contribution >= 0.6 is 0 Å². The highest BCUT2D eigenvalue weighted by molar-refractivity contribution is 5.85. The summed E-state index contributed by atoms with van der Waals surface area (Å²) < 4.78 is 5.01. The molecule has 0 aromatic carbocycles. The Morgan fingerprint density at radius 2 is 2.20 bits per heavy atom. The second kappa shape index (κ2) is 7.02. The van der Waals surface area contributed by atoms with Gasteiger partial charge in [-0.15, -0.1) is 0 Å². The second-order valence-electron chi connectivity index (χ2n) is 3.94. The van der Waals surface area contributed by atoms with Gasteiger partial charge in [-0.25, -0.2) is 0 Å². The molecular weight excluding hydrogens is 268 g/mol. The lowest BCUT2D eigenvalue weighted by molar-refractivity contribution is -0.390. The van der Waals surface area contributed by atoms with Crippen LogP contribution < -0.4 is 10.1 Å². The molecule has 0 bridgehead atoms. The van der Waals surface area contributed by atoms with Gasteiger partial charge in [0, 0.05) is 14.1 Å². The molecule has 0 radical (unpaired) electrons. The van der Waals surface area contributed by atoms with Crippen LogP contribution in [0.1, 0.15) is 0 Å². The van der Waals surface area contributed by atoms with Crippen molar-refractivity contribution in [3.63, 3.8) is 0 Å². The Labute approximate surface area is 114 Å². The number of aromatic nitrogens is 1. The van der Waals surface area contributed by atoms with Crippen molar-refractivity contribution in [2.24, 2.45) is 0 Å². The lowest BCUT2D eigenvalue weighted by Gasteiger charge is -2.11. The van der Waals surface area contributed by atoms with Crippen molar-refractivity contribution in [2.75, 3.05) is 27.2 Å². The minimum absolute atomic E-state index is 0.105. The summed E-state index contributed by atoms with van der Waals surface area (Å²) in [6.45, 7) is -0.600. The molecule has 0 saturated carbocycles. The number of hydrogen-bond donors (Lipinski definition) is 1. The molecule has 1 heterocycles. The van der Waals surface area contributed by atoms with Crippen LogP contribution in [0.5, 0.6) is 5.75 Å². The topological polar surface area (TPSA) is 115 Å². The quantitative estimate of drug-likeness (QED) is 0.559. The van der Waals surface area contributed by atoms with Crippen LogP contribution in [-0.4, -0.2) is 53.9 Å². The number of rotatable bonds is 6. The summed E-state index contributed by atoms with van der Waals surface area (Å²) >= 11 is 0. The first-order valence-electron chi connectivity index (χ1n) is 5.61. The van der Waals surface area contributed by atoms with E-state index in [0.29, 0.717) is 0 Å². The van der Waals surface area contributed by atoms with Gasteiger partial charge in [-0.2, -0.15) is 0 Å². The summed E-state index contributed by atoms with van der Waals surface area (Å²) in [5.74, 6) is -1.40. The Kier molecular flexibility index (Phi) is 5.39. The van der Waals surface area contributed by atoms with Crippen LogP contribution in [0.15, 0.2) is 18.3 Å². The molecule has 0 atom stereocenters. The fourth-order valence-corrected chi connectivity index (χ4v) is 1.16. The van der Waals surface area contributed by atoms with Crippen molar-refractivity contribution >= 4 is 17.6 Å². The third kappa shape index (κ3) is 4.52. The van der Waals surface area contributed by atoms with Crippen LogP contribution in [0, 0.1) is 10.1 Å². The maximum absolute atomic E-state index is 11.4. The number of carbonyl (C=O) groups is 2. The van der Waals surface area contributed by atoms with Crippen molar-refractivity contribution < 1.29 is 19.2 Å². The molecule has 2 amide bonds. The third-order valence-electron chi connectivity index (χ3n) is 2.22. The first-order chi connectivity index (χ1) is 9.41. The Bertz CT molecular complexity index is 517. The number of nitrogens with one attached hydrogen (secondary N) is 1. The normalized spacial score (nSPS) is 9.70. The summed E-state index contributed by atoms with van der Waals surface area (Å²) in [4.78, 5) is 37.5. The van der Waals surface area contributed by atoms with Crippen molar-refractivity contribution in [1.82, 2.24) is 15.2 Å². The molecule has 0 aliphatic heterocycles. The minimum atomic E-state index is -0.706. The molecule has 0 fully saturated rings. The molecule has 1 N–H and O–H groups in total. The van der Waals surface area contributed by atoms with E-state index < -0.39 is 23.3 Å². The van der Waals surface area contributed by atoms with E-state index in [2.05, 4.69) is 10.3 Å². The summed E-state index contributed by atoms with van der Waals surface area (Å²) in [5.41, 5.74) is 0. The molecule has 0 unspecified atom stereocenters. The Morgan fingerprint density at radius 3 is 2.80 bits per heavy atom. The SMILES string of the molecule is CN(C)C(=O)CNC(=O)COc1cccnc1[N+](=O)[O-]. The van der Waals surface area contributed by atoms with Gasteiger partial charge in [0.2, 0.25) is 11.7 Å². The van der Waals surface area contributed by atoms with E-state index in [1.54, 1.807) is 14.1 Å². The molecule has 1 aromatic heterocycles. The van der Waals surface area contributed by atoms with Gasteiger partial charge in [-0.1, -0.05) is 0 Å². The third-order valence-corrected chi connectivity index (χ3v) is 2.22. The number of ether oxygens (including phenoxy) is 1. The fourth-order valence-electron chi connectivity index (χ4n) is 1.16. The number of amides is 2. The standard InChI is InChI=1S/C11H14N4O5/c1-14(2)10(17)6-13-9(16)7-20-8-4-3-5-12-11(8)15(18)19/h3-5H,6-7H2,1-2H3,(H,13,16). The first-order valence-corrected chi connectivity index (χ1v) is 5.61. The van der Waals surface area contributed by atoms with Crippen molar-refractivity contribution in [3.8, 4) is 5.75 Å². The van der Waals surface area contributed by atoms with Crippen LogP contribution in [0.3, 0.4) is 0 Å². The number of pyridine rings is 1. The number of likely N-dealkylation sites (N-methyl/N-ethyl adjacent to an activating group) is 1. The summed E-state index contributed by atoms with van der Waals surface area (Å²) in [6, 6.07) is 2.79. The summed E-state index contributed by atoms with van der Waals surface area (Å²) in [7, 11) is 3.12. The Hall–Kier alpha value is -2.71. The molecule has 0 saturated heterocycles. The zero-order valence-electron chi connectivity index (χ0n) is 11.0. The first kappa shape index (κ1) is 15.3. The zero-order valence-corrected chi connectivity index (χ0v) is 11.0. The maximum atomic E-state index is 11.4. The smallest absolute Gasteiger partial charge is 0.406 e. The van der Waals surface area contributed by atoms with Gasteiger partial charge in [0.05, 0.1) is 6.54 Å². The van der Waals surface area contributed by atoms with Gasteiger partial charge < -0.3 is 25.1 Å². The predicted molar refractivity (Wildman–Crippen MR) is 68.1 cm³/mol. The van der Waals surface area contributed by atoms with Gasteiger partial charge in [0.25, 0.3) is 5.91 Å². The number of carbonyl (C=O) groups excluding carboxylic acids is 2. The van der Waals surface area contributed by atoms with E-state index in [9.17, 15) is 19.7 Å². The molecule has 1 aromatic rings. The van der Waals surface area contributed by atoms with Gasteiger partial charge in [-0.3, -0.25) is 9.59 Å².